The molecule has 6 nitrogen and oxygen atoms in total. The van der Waals surface area contributed by atoms with Crippen molar-refractivity contribution in [3.63, 3.8) is 0 Å². The lowest BCUT2D eigenvalue weighted by Crippen LogP contribution is -2.57. The highest BCUT2D eigenvalue weighted by Crippen LogP contribution is 2.18. The van der Waals surface area contributed by atoms with Crippen molar-refractivity contribution in [3.05, 3.63) is 66.2 Å². The third kappa shape index (κ3) is 4.77. The van der Waals surface area contributed by atoms with E-state index < -0.39 is 6.04 Å². The third-order valence-corrected chi connectivity index (χ3v) is 5.79. The van der Waals surface area contributed by atoms with E-state index in [1.807, 2.05) is 41.3 Å². The lowest BCUT2D eigenvalue weighted by Gasteiger charge is -2.38. The molecule has 0 unspecified atom stereocenters. The van der Waals surface area contributed by atoms with Gasteiger partial charge in [0, 0.05) is 51.5 Å². The van der Waals surface area contributed by atoms with Gasteiger partial charge in [0.05, 0.1) is 12.5 Å². The van der Waals surface area contributed by atoms with Crippen molar-refractivity contribution in [2.24, 2.45) is 0 Å². The van der Waals surface area contributed by atoms with Crippen LogP contribution >= 0.6 is 0 Å². The van der Waals surface area contributed by atoms with Crippen molar-refractivity contribution in [3.8, 4) is 0 Å². The first-order valence-corrected chi connectivity index (χ1v) is 10.3. The largest absolute Gasteiger partial charge is 0.368 e. The number of rotatable bonds is 5. The molecule has 6 heteroatoms. The molecule has 0 bridgehead atoms. The van der Waals surface area contributed by atoms with E-state index in [4.69, 9.17) is 0 Å². The number of carbonyl (C=O) groups excluding carboxylic acids is 2. The molecule has 2 aromatic carbocycles. The number of anilines is 1. The summed E-state index contributed by atoms with van der Waals surface area (Å²) in [6.45, 7) is 5.11. The number of nitrogens with zero attached hydrogens (tertiary/aromatic N) is 3. The highest BCUT2D eigenvalue weighted by atomic mass is 16.2. The first-order valence-electron chi connectivity index (χ1n) is 10.3. The third-order valence-electron chi connectivity index (χ3n) is 5.79. The van der Waals surface area contributed by atoms with Gasteiger partial charge in [0.25, 0.3) is 0 Å². The Kier molecular flexibility index (Phi) is 6.10. The van der Waals surface area contributed by atoms with Gasteiger partial charge in [-0.3, -0.25) is 14.5 Å². The van der Waals surface area contributed by atoms with Gasteiger partial charge in [0.1, 0.15) is 0 Å². The fourth-order valence-corrected chi connectivity index (χ4v) is 4.14. The van der Waals surface area contributed by atoms with Crippen molar-refractivity contribution in [1.82, 2.24) is 15.1 Å². The van der Waals surface area contributed by atoms with Gasteiger partial charge >= 0.3 is 0 Å². The first kappa shape index (κ1) is 19.5. The molecule has 2 amide bonds. The molecule has 2 aromatic rings. The Hall–Kier alpha value is -2.86. The quantitative estimate of drug-likeness (QED) is 0.842. The molecule has 0 spiro atoms. The van der Waals surface area contributed by atoms with Gasteiger partial charge in [0.15, 0.2) is 0 Å². The summed E-state index contributed by atoms with van der Waals surface area (Å²) in [6, 6.07) is 20.0. The van der Waals surface area contributed by atoms with Crippen LogP contribution in [0.4, 0.5) is 5.69 Å². The Morgan fingerprint density at radius 3 is 2.24 bits per heavy atom. The molecule has 0 aromatic heterocycles. The van der Waals surface area contributed by atoms with E-state index in [0.29, 0.717) is 26.2 Å². The smallest absolute Gasteiger partial charge is 0.237 e. The molecule has 4 rings (SSSR count). The minimum atomic E-state index is -0.399. The number of amides is 2. The monoisotopic (exact) mass is 392 g/mol. The molecule has 0 saturated carbocycles. The summed E-state index contributed by atoms with van der Waals surface area (Å²) in [5.41, 5.74) is 2.36. The molecule has 2 aliphatic rings. The number of benzene rings is 2. The molecule has 152 valence electrons. The number of piperazine rings is 2. The zero-order valence-electron chi connectivity index (χ0n) is 16.7. The van der Waals surface area contributed by atoms with Crippen LogP contribution in [0.3, 0.4) is 0 Å². The molecule has 0 aliphatic carbocycles. The predicted molar refractivity (Wildman–Crippen MR) is 114 cm³/mol. The van der Waals surface area contributed by atoms with Gasteiger partial charge in [-0.25, -0.2) is 0 Å². The Balaban J connectivity index is 1.35. The molecule has 0 radical (unpaired) electrons. The molecular weight excluding hydrogens is 364 g/mol. The average molecular weight is 393 g/mol. The maximum Gasteiger partial charge on any atom is 0.237 e. The summed E-state index contributed by atoms with van der Waals surface area (Å²) >= 11 is 0. The number of hydrogen-bond donors (Lipinski definition) is 1. The number of para-hydroxylation sites is 1. The zero-order valence-corrected chi connectivity index (χ0v) is 16.7. The summed E-state index contributed by atoms with van der Waals surface area (Å²) in [5.74, 6) is 0.0290. The van der Waals surface area contributed by atoms with Crippen molar-refractivity contribution in [1.29, 1.82) is 0 Å². The summed E-state index contributed by atoms with van der Waals surface area (Å²) in [7, 11) is 0. The summed E-state index contributed by atoms with van der Waals surface area (Å²) in [4.78, 5) is 31.8. The van der Waals surface area contributed by atoms with Crippen LogP contribution in [-0.4, -0.2) is 66.9 Å². The van der Waals surface area contributed by atoms with Crippen molar-refractivity contribution in [2.75, 3.05) is 44.2 Å². The summed E-state index contributed by atoms with van der Waals surface area (Å²) < 4.78 is 0. The maximum atomic E-state index is 13.0. The minimum absolute atomic E-state index is 0.0385. The van der Waals surface area contributed by atoms with Gasteiger partial charge < -0.3 is 15.1 Å². The molecule has 2 heterocycles. The van der Waals surface area contributed by atoms with Gasteiger partial charge in [-0.1, -0.05) is 48.5 Å². The normalized spacial score (nSPS) is 20.4. The summed E-state index contributed by atoms with van der Waals surface area (Å²) in [6.07, 6.45) is 0.240. The van der Waals surface area contributed by atoms with Crippen LogP contribution in [0, 0.1) is 0 Å². The molecule has 2 fully saturated rings. The second kappa shape index (κ2) is 9.09. The Labute approximate surface area is 172 Å². The molecule has 1 N–H and O–H groups in total. The Morgan fingerprint density at radius 2 is 1.55 bits per heavy atom. The van der Waals surface area contributed by atoms with Crippen molar-refractivity contribution < 1.29 is 9.59 Å². The molecule has 29 heavy (non-hydrogen) atoms. The van der Waals surface area contributed by atoms with Gasteiger partial charge in [-0.05, 0) is 17.7 Å². The van der Waals surface area contributed by atoms with Gasteiger partial charge in [-0.2, -0.15) is 0 Å². The zero-order chi connectivity index (χ0) is 20.1. The van der Waals surface area contributed by atoms with Gasteiger partial charge in [-0.15, -0.1) is 0 Å². The van der Waals surface area contributed by atoms with E-state index in [1.54, 1.807) is 0 Å². The molecular formula is C23H28N4O2. The Morgan fingerprint density at radius 1 is 0.897 bits per heavy atom. The lowest BCUT2D eigenvalue weighted by atomic mass is 10.1. The topological polar surface area (TPSA) is 55.9 Å². The number of nitrogens with one attached hydrogen (secondary N) is 1. The number of carbonyl (C=O) groups is 2. The predicted octanol–water partition coefficient (Wildman–Crippen LogP) is 1.73. The highest BCUT2D eigenvalue weighted by Gasteiger charge is 2.33. The first-order chi connectivity index (χ1) is 14.2. The molecule has 1 atom stereocenters. The summed E-state index contributed by atoms with van der Waals surface area (Å²) in [5, 5.41) is 2.93. The van der Waals surface area contributed by atoms with Gasteiger partial charge in [0.2, 0.25) is 11.8 Å². The second-order valence-electron chi connectivity index (χ2n) is 7.67. The highest BCUT2D eigenvalue weighted by molar-refractivity contribution is 5.89. The van der Waals surface area contributed by atoms with E-state index in [2.05, 4.69) is 39.4 Å². The van der Waals surface area contributed by atoms with Crippen LogP contribution in [0.15, 0.2) is 60.7 Å². The fraction of sp³-hybridized carbons (Fsp3) is 0.391. The van der Waals surface area contributed by atoms with Crippen molar-refractivity contribution in [2.45, 2.75) is 19.0 Å². The fourth-order valence-electron chi connectivity index (χ4n) is 4.14. The minimum Gasteiger partial charge on any atom is -0.368 e. The van der Waals surface area contributed by atoms with Crippen LogP contribution < -0.4 is 10.2 Å². The molecule has 2 saturated heterocycles. The standard InChI is InChI=1S/C23H28N4O2/c28-22(26-15-13-25(14-16-26)20-9-5-2-6-10-20)17-21-23(29)24-11-12-27(21)18-19-7-3-1-4-8-19/h1-10,21H,11-18H2,(H,24,29)/t21-/m0/s1. The maximum absolute atomic E-state index is 13.0. The van der Waals surface area contributed by atoms with E-state index in [0.717, 1.165) is 25.2 Å². The van der Waals surface area contributed by atoms with Crippen LogP contribution in [0.1, 0.15) is 12.0 Å². The van der Waals surface area contributed by atoms with Crippen LogP contribution in [-0.2, 0) is 16.1 Å². The van der Waals surface area contributed by atoms with E-state index >= 15 is 0 Å². The Bertz CT molecular complexity index is 819. The second-order valence-corrected chi connectivity index (χ2v) is 7.67. The van der Waals surface area contributed by atoms with Crippen LogP contribution in [0.2, 0.25) is 0 Å². The lowest BCUT2D eigenvalue weighted by molar-refractivity contribution is -0.139. The molecule has 2 aliphatic heterocycles. The SMILES string of the molecule is O=C1NCCN(Cc2ccccc2)[C@H]1CC(=O)N1CCN(c2ccccc2)CC1. The van der Waals surface area contributed by atoms with E-state index in [1.165, 1.54) is 5.69 Å². The van der Waals surface area contributed by atoms with Crippen molar-refractivity contribution >= 4 is 17.5 Å². The average Bonchev–Trinajstić information content (AvgIpc) is 2.77. The van der Waals surface area contributed by atoms with E-state index in [-0.39, 0.29) is 18.2 Å². The van der Waals surface area contributed by atoms with E-state index in [9.17, 15) is 9.59 Å². The number of hydrogen-bond acceptors (Lipinski definition) is 4. The van der Waals surface area contributed by atoms with Crippen LogP contribution in [0.5, 0.6) is 0 Å². The van der Waals surface area contributed by atoms with Crippen LogP contribution in [0.25, 0.3) is 0 Å².